The van der Waals surface area contributed by atoms with Crippen LogP contribution in [0.15, 0.2) is 84.1 Å². The standard InChI is InChI=1S/C33H47N3O.C2H6/c1-24(2)13-11-12-14-31(25(3)4)26(5)34-32(37)36(23-27-15-19-29(20-16-27)35(9)10)30-21-17-28(18-22-30)33(6,7)8;1-2/h11-22,24-25H,23H2,1-10H3,(H,34,37);1-2H3/b13-11+,14-12-,31-26-;. The van der Waals surface area contributed by atoms with Gasteiger partial charge in [-0.25, -0.2) is 4.79 Å². The minimum absolute atomic E-state index is 0.0511. The molecule has 0 heterocycles. The fraction of sp³-hybridized carbons (Fsp3) is 0.457. The van der Waals surface area contributed by atoms with Crippen molar-refractivity contribution in [3.05, 3.63) is 95.2 Å². The Morgan fingerprint density at radius 1 is 0.872 bits per heavy atom. The Morgan fingerprint density at radius 2 is 1.41 bits per heavy atom. The smallest absolute Gasteiger partial charge is 0.326 e. The quantitative estimate of drug-likeness (QED) is 0.327. The van der Waals surface area contributed by atoms with Gasteiger partial charge in [0.25, 0.3) is 0 Å². The van der Waals surface area contributed by atoms with E-state index in [1.165, 1.54) is 5.56 Å². The van der Waals surface area contributed by atoms with Crippen LogP contribution >= 0.6 is 0 Å². The van der Waals surface area contributed by atoms with Crippen molar-refractivity contribution in [1.29, 1.82) is 0 Å². The minimum atomic E-state index is -0.137. The van der Waals surface area contributed by atoms with Crippen LogP contribution in [0.1, 0.15) is 80.4 Å². The van der Waals surface area contributed by atoms with E-state index in [2.05, 4.69) is 119 Å². The zero-order valence-electron chi connectivity index (χ0n) is 26.6. The predicted molar refractivity (Wildman–Crippen MR) is 173 cm³/mol. The number of rotatable bonds is 9. The van der Waals surface area contributed by atoms with E-state index in [9.17, 15) is 4.79 Å². The van der Waals surface area contributed by atoms with Crippen LogP contribution in [-0.2, 0) is 12.0 Å². The summed E-state index contributed by atoms with van der Waals surface area (Å²) in [5.74, 6) is 0.782. The van der Waals surface area contributed by atoms with Gasteiger partial charge in [-0.15, -0.1) is 0 Å². The van der Waals surface area contributed by atoms with E-state index in [1.807, 2.05) is 51.9 Å². The van der Waals surface area contributed by atoms with E-state index >= 15 is 0 Å². The van der Waals surface area contributed by atoms with Gasteiger partial charge in [0, 0.05) is 31.2 Å². The highest BCUT2D eigenvalue weighted by molar-refractivity contribution is 5.93. The molecule has 1 N–H and O–H groups in total. The van der Waals surface area contributed by atoms with Gasteiger partial charge in [0.1, 0.15) is 0 Å². The van der Waals surface area contributed by atoms with Gasteiger partial charge >= 0.3 is 6.03 Å². The maximum atomic E-state index is 13.7. The maximum absolute atomic E-state index is 13.7. The number of nitrogens with one attached hydrogen (secondary N) is 1. The Labute approximate surface area is 239 Å². The van der Waals surface area contributed by atoms with Crippen LogP contribution in [0.2, 0.25) is 0 Å². The number of allylic oxidation sites excluding steroid dienone is 6. The van der Waals surface area contributed by atoms with Crippen molar-refractivity contribution in [2.24, 2.45) is 11.8 Å². The second-order valence-corrected chi connectivity index (χ2v) is 11.6. The summed E-state index contributed by atoms with van der Waals surface area (Å²) in [5.41, 5.74) is 6.35. The number of nitrogens with zero attached hydrogens (tertiary/aromatic N) is 2. The summed E-state index contributed by atoms with van der Waals surface area (Å²) in [4.78, 5) is 17.6. The highest BCUT2D eigenvalue weighted by Gasteiger charge is 2.20. The van der Waals surface area contributed by atoms with Crippen molar-refractivity contribution in [1.82, 2.24) is 5.32 Å². The molecule has 0 bridgehead atoms. The van der Waals surface area contributed by atoms with Crippen LogP contribution in [0.3, 0.4) is 0 Å². The van der Waals surface area contributed by atoms with Gasteiger partial charge in [0.05, 0.1) is 6.54 Å². The molecule has 2 aromatic carbocycles. The Kier molecular flexibility index (Phi) is 13.8. The third kappa shape index (κ3) is 11.2. The highest BCUT2D eigenvalue weighted by Crippen LogP contribution is 2.26. The van der Waals surface area contributed by atoms with E-state index in [4.69, 9.17) is 0 Å². The Balaban J connectivity index is 0.00000371. The lowest BCUT2D eigenvalue weighted by molar-refractivity contribution is 0.248. The molecule has 39 heavy (non-hydrogen) atoms. The lowest BCUT2D eigenvalue weighted by Gasteiger charge is -2.26. The van der Waals surface area contributed by atoms with Crippen LogP contribution < -0.4 is 15.1 Å². The number of benzene rings is 2. The third-order valence-corrected chi connectivity index (χ3v) is 6.32. The number of hydrogen-bond acceptors (Lipinski definition) is 2. The minimum Gasteiger partial charge on any atom is -0.378 e. The average molecular weight is 532 g/mol. The first-order chi connectivity index (χ1) is 18.3. The molecule has 0 radical (unpaired) electrons. The maximum Gasteiger partial charge on any atom is 0.326 e. The molecular weight excluding hydrogens is 478 g/mol. The van der Waals surface area contributed by atoms with Gasteiger partial charge in [0.2, 0.25) is 0 Å². The third-order valence-electron chi connectivity index (χ3n) is 6.32. The molecule has 0 atom stereocenters. The molecule has 0 aliphatic rings. The van der Waals surface area contributed by atoms with Crippen molar-refractivity contribution in [2.45, 2.75) is 81.2 Å². The van der Waals surface area contributed by atoms with E-state index < -0.39 is 0 Å². The van der Waals surface area contributed by atoms with Crippen molar-refractivity contribution < 1.29 is 4.79 Å². The Bertz CT molecular complexity index is 1100. The predicted octanol–water partition coefficient (Wildman–Crippen LogP) is 9.49. The zero-order valence-corrected chi connectivity index (χ0v) is 26.6. The molecule has 4 heteroatoms. The van der Waals surface area contributed by atoms with E-state index in [-0.39, 0.29) is 17.4 Å². The van der Waals surface area contributed by atoms with Crippen LogP contribution in [-0.4, -0.2) is 20.1 Å². The highest BCUT2D eigenvalue weighted by atomic mass is 16.2. The molecule has 2 aromatic rings. The molecule has 4 nitrogen and oxygen atoms in total. The molecule has 0 saturated heterocycles. The summed E-state index contributed by atoms with van der Waals surface area (Å²) in [6.45, 7) is 21.7. The van der Waals surface area contributed by atoms with Gasteiger partial charge in [-0.3, -0.25) is 4.90 Å². The number of urea groups is 1. The first-order valence-corrected chi connectivity index (χ1v) is 14.3. The second-order valence-electron chi connectivity index (χ2n) is 11.6. The molecule has 0 aliphatic carbocycles. The normalized spacial score (nSPS) is 12.5. The molecule has 214 valence electrons. The molecule has 2 rings (SSSR count). The van der Waals surface area contributed by atoms with Gasteiger partial charge in [0.15, 0.2) is 0 Å². The van der Waals surface area contributed by atoms with Gasteiger partial charge in [-0.05, 0) is 65.1 Å². The average Bonchev–Trinajstić information content (AvgIpc) is 2.87. The summed E-state index contributed by atoms with van der Waals surface area (Å²) < 4.78 is 0. The van der Waals surface area contributed by atoms with Crippen molar-refractivity contribution in [2.75, 3.05) is 23.9 Å². The fourth-order valence-electron chi connectivity index (χ4n) is 4.00. The van der Waals surface area contributed by atoms with Gasteiger partial charge < -0.3 is 10.2 Å². The Morgan fingerprint density at radius 3 is 1.87 bits per heavy atom. The lowest BCUT2D eigenvalue weighted by atomic mass is 9.87. The lowest BCUT2D eigenvalue weighted by Crippen LogP contribution is -2.39. The van der Waals surface area contributed by atoms with Gasteiger partial charge in [-0.2, -0.15) is 0 Å². The van der Waals surface area contributed by atoms with Crippen molar-refractivity contribution in [3.63, 3.8) is 0 Å². The summed E-state index contributed by atoms with van der Waals surface area (Å²) in [5, 5.41) is 3.19. The molecule has 0 aliphatic heterocycles. The first kappa shape index (κ1) is 33.8. The van der Waals surface area contributed by atoms with E-state index in [1.54, 1.807) is 0 Å². The summed E-state index contributed by atoms with van der Waals surface area (Å²) in [7, 11) is 4.06. The van der Waals surface area contributed by atoms with Crippen LogP contribution in [0, 0.1) is 11.8 Å². The summed E-state index contributed by atoms with van der Waals surface area (Å²) >= 11 is 0. The summed E-state index contributed by atoms with van der Waals surface area (Å²) in [6, 6.07) is 16.6. The van der Waals surface area contributed by atoms with E-state index in [0.29, 0.717) is 12.5 Å². The van der Waals surface area contributed by atoms with Crippen molar-refractivity contribution >= 4 is 17.4 Å². The zero-order chi connectivity index (χ0) is 29.8. The first-order valence-electron chi connectivity index (χ1n) is 14.3. The molecule has 0 saturated carbocycles. The van der Waals surface area contributed by atoms with Crippen LogP contribution in [0.5, 0.6) is 0 Å². The molecule has 0 aromatic heterocycles. The second kappa shape index (κ2) is 16.0. The number of anilines is 2. The number of carbonyl (C=O) groups is 1. The molecule has 0 fully saturated rings. The molecular formula is C35H53N3O. The van der Waals surface area contributed by atoms with Crippen molar-refractivity contribution in [3.8, 4) is 0 Å². The SMILES string of the molecule is CC.C\C(NC(=O)N(Cc1ccc(N(C)C)cc1)c1ccc(C(C)(C)C)cc1)=C(/C=C\C=C\C(C)C)C(C)C. The fourth-order valence-corrected chi connectivity index (χ4v) is 4.00. The van der Waals surface area contributed by atoms with Crippen LogP contribution in [0.4, 0.5) is 16.2 Å². The molecule has 0 spiro atoms. The topological polar surface area (TPSA) is 35.6 Å². The Hall–Kier alpha value is -3.27. The molecule has 0 unspecified atom stereocenters. The monoisotopic (exact) mass is 531 g/mol. The number of carbonyl (C=O) groups excluding carboxylic acids is 1. The van der Waals surface area contributed by atoms with E-state index in [0.717, 1.165) is 28.2 Å². The molecule has 2 amide bonds. The van der Waals surface area contributed by atoms with Crippen LogP contribution in [0.25, 0.3) is 0 Å². The van der Waals surface area contributed by atoms with Gasteiger partial charge in [-0.1, -0.05) is 111 Å². The summed E-state index contributed by atoms with van der Waals surface area (Å²) in [6.07, 6.45) is 8.39. The largest absolute Gasteiger partial charge is 0.378 e. The number of hydrogen-bond donors (Lipinski definition) is 1. The number of amides is 2.